The number of allylic oxidation sites excluding steroid dienone is 2. The molecule has 0 spiro atoms. The predicted molar refractivity (Wildman–Crippen MR) is 329 cm³/mol. The second kappa shape index (κ2) is 30.5. The molecular weight excluding hydrogens is 1300 g/mol. The summed E-state index contributed by atoms with van der Waals surface area (Å²) in [4.78, 5) is 15.5. The van der Waals surface area contributed by atoms with E-state index in [4.69, 9.17) is 56.8 Å². The van der Waals surface area contributed by atoms with Gasteiger partial charge >= 0.3 is 5.97 Å². The van der Waals surface area contributed by atoms with E-state index >= 15 is 4.79 Å². The van der Waals surface area contributed by atoms with Crippen molar-refractivity contribution in [2.24, 2.45) is 45.3 Å². The Morgan fingerprint density at radius 3 is 1.51 bits per heavy atom. The fraction of sp³-hybridized carbons (Fsp3) is 0.955. The first-order valence-electron chi connectivity index (χ1n) is 34.7. The zero-order chi connectivity index (χ0) is 72.0. The minimum Gasteiger partial charge on any atom is -0.431 e. The molecule has 0 radical (unpaired) electrons. The molecule has 0 aromatic rings. The minimum absolute atomic E-state index is 0.0356. The lowest BCUT2D eigenvalue weighted by molar-refractivity contribution is -0.398. The summed E-state index contributed by atoms with van der Waals surface area (Å²) >= 11 is 0. The van der Waals surface area contributed by atoms with Crippen molar-refractivity contribution in [3.05, 3.63) is 11.6 Å². The number of ether oxygens (including phenoxy) is 12. The lowest BCUT2D eigenvalue weighted by Gasteiger charge is -2.70. The van der Waals surface area contributed by atoms with Crippen molar-refractivity contribution in [1.29, 1.82) is 0 Å². The number of esters is 1. The van der Waals surface area contributed by atoms with Gasteiger partial charge in [-0.1, -0.05) is 39.3 Å². The Labute approximate surface area is 568 Å². The van der Waals surface area contributed by atoms with Crippen LogP contribution in [0.3, 0.4) is 0 Å². The standard InChI is InChI=1S/C66H110O32/c1-25(2)11-10-17-66(86,61(85)98-59-53(96-58-51(84)46(79)40(73)31(21-67)91-58)47(80)41(74)33(93-59)23-87-55-48(81)43(76)37(70)26(3)88-55)30-14-19-64(8)29(30)12-13-35-62(6)18-16-36(63(7,24-69)34(62)15-20-65(35,64)9)94-60-54(97-57-50(83)45(78)39(72)28(5)90-57)52(42(75)32(22-68)92-60)95-56-49(82)44(77)38(71)27(4)89-56/h11,26-60,67-84,86H,10,12-24H2,1-9H3. The van der Waals surface area contributed by atoms with Crippen molar-refractivity contribution in [1.82, 2.24) is 0 Å². The maximum atomic E-state index is 15.5. The molecule has 10 aliphatic rings. The summed E-state index contributed by atoms with van der Waals surface area (Å²) in [5.41, 5.74) is -4.06. The smallest absolute Gasteiger partial charge is 0.340 e. The van der Waals surface area contributed by atoms with Crippen LogP contribution in [0.15, 0.2) is 11.6 Å². The van der Waals surface area contributed by atoms with Crippen LogP contribution >= 0.6 is 0 Å². The zero-order valence-corrected chi connectivity index (χ0v) is 57.0. The molecule has 32 nitrogen and oxygen atoms in total. The first-order chi connectivity index (χ1) is 46.0. The summed E-state index contributed by atoms with van der Waals surface area (Å²) in [6, 6.07) is 0. The summed E-state index contributed by atoms with van der Waals surface area (Å²) in [6.45, 7) is 13.8. The fourth-order valence-electron chi connectivity index (χ4n) is 18.9. The van der Waals surface area contributed by atoms with Gasteiger partial charge in [-0.05, 0) is 133 Å². The van der Waals surface area contributed by atoms with E-state index in [0.717, 1.165) is 5.57 Å². The average molecular weight is 1420 g/mol. The second-order valence-electron chi connectivity index (χ2n) is 30.9. The van der Waals surface area contributed by atoms with Crippen LogP contribution in [-0.2, 0) is 61.6 Å². The molecule has 6 heterocycles. The van der Waals surface area contributed by atoms with Gasteiger partial charge in [0.1, 0.15) is 122 Å². The van der Waals surface area contributed by atoms with Gasteiger partial charge in [0.15, 0.2) is 43.2 Å². The lowest BCUT2D eigenvalue weighted by atomic mass is 9.35. The highest BCUT2D eigenvalue weighted by molar-refractivity contribution is 5.80. The number of hydrogen-bond acceptors (Lipinski definition) is 32. The van der Waals surface area contributed by atoms with Crippen LogP contribution in [0, 0.1) is 45.3 Å². The number of fused-ring (bicyclic) bond motifs is 5. The molecule has 566 valence electrons. The number of aliphatic hydroxyl groups excluding tert-OH is 18. The Kier molecular flexibility index (Phi) is 24.4. The first-order valence-corrected chi connectivity index (χ1v) is 34.7. The van der Waals surface area contributed by atoms with Crippen LogP contribution < -0.4 is 0 Å². The van der Waals surface area contributed by atoms with E-state index in [0.29, 0.717) is 51.4 Å². The van der Waals surface area contributed by atoms with Crippen LogP contribution in [0.2, 0.25) is 0 Å². The molecular formula is C66H110O32. The molecule has 40 unspecified atom stereocenters. The molecule has 4 aliphatic carbocycles. The third kappa shape index (κ3) is 14.0. The van der Waals surface area contributed by atoms with Gasteiger partial charge in [-0.25, -0.2) is 4.79 Å². The Morgan fingerprint density at radius 2 is 0.949 bits per heavy atom. The molecule has 10 fully saturated rings. The van der Waals surface area contributed by atoms with Crippen molar-refractivity contribution < 1.29 is 159 Å². The molecule has 98 heavy (non-hydrogen) atoms. The molecule has 0 aromatic carbocycles. The number of hydrogen-bond donors (Lipinski definition) is 19. The maximum Gasteiger partial charge on any atom is 0.340 e. The summed E-state index contributed by atoms with van der Waals surface area (Å²) in [5, 5.41) is 211. The molecule has 10 rings (SSSR count). The van der Waals surface area contributed by atoms with Crippen molar-refractivity contribution in [3.8, 4) is 0 Å². The number of aliphatic hydroxyl groups is 19. The molecule has 6 saturated heterocycles. The van der Waals surface area contributed by atoms with E-state index in [9.17, 15) is 97.0 Å². The Balaban J connectivity index is 0.913. The highest BCUT2D eigenvalue weighted by atomic mass is 16.8. The molecule has 6 aliphatic heterocycles. The maximum absolute atomic E-state index is 15.5. The quantitative estimate of drug-likeness (QED) is 0.0308. The highest BCUT2D eigenvalue weighted by Gasteiger charge is 2.72. The van der Waals surface area contributed by atoms with E-state index in [-0.39, 0.29) is 30.6 Å². The second-order valence-corrected chi connectivity index (χ2v) is 30.9. The molecule has 0 aromatic heterocycles. The molecule has 4 saturated carbocycles. The van der Waals surface area contributed by atoms with Gasteiger partial charge in [-0.15, -0.1) is 0 Å². The van der Waals surface area contributed by atoms with E-state index in [1.807, 2.05) is 26.8 Å². The third-order valence-corrected chi connectivity index (χ3v) is 25.1. The van der Waals surface area contributed by atoms with E-state index in [2.05, 4.69) is 20.8 Å². The van der Waals surface area contributed by atoms with Gasteiger partial charge < -0.3 is 154 Å². The largest absolute Gasteiger partial charge is 0.431 e. The Morgan fingerprint density at radius 1 is 0.469 bits per heavy atom. The van der Waals surface area contributed by atoms with Crippen molar-refractivity contribution in [3.63, 3.8) is 0 Å². The van der Waals surface area contributed by atoms with Crippen molar-refractivity contribution in [2.45, 2.75) is 322 Å². The van der Waals surface area contributed by atoms with Gasteiger partial charge in [0.05, 0.1) is 50.8 Å². The molecule has 0 amide bonds. The van der Waals surface area contributed by atoms with Crippen LogP contribution in [0.5, 0.6) is 0 Å². The minimum atomic E-state index is -2.30. The molecule has 32 heteroatoms. The van der Waals surface area contributed by atoms with Crippen molar-refractivity contribution >= 4 is 5.97 Å². The summed E-state index contributed by atoms with van der Waals surface area (Å²) < 4.78 is 72.9. The molecule has 40 atom stereocenters. The van der Waals surface area contributed by atoms with Gasteiger partial charge in [-0.2, -0.15) is 0 Å². The third-order valence-electron chi connectivity index (χ3n) is 25.1. The van der Waals surface area contributed by atoms with E-state index in [1.165, 1.54) is 20.8 Å². The Hall–Kier alpha value is -1.99. The molecule has 19 N–H and O–H groups in total. The van der Waals surface area contributed by atoms with Crippen LogP contribution in [0.1, 0.15) is 127 Å². The topological polar surface area (TPSA) is 512 Å². The lowest BCUT2D eigenvalue weighted by Crippen LogP contribution is -2.68. The van der Waals surface area contributed by atoms with Crippen LogP contribution in [0.4, 0.5) is 0 Å². The SMILES string of the molecule is CC(C)=CCCC(O)(C(=O)OC1OC(COC2OC(C)C(O)C(O)C2O)C(O)C(O)C1OC1OC(CO)C(O)C(O)C1O)C1CCC2(C)C1CCC1C3(C)CCC(OC4OC(CO)C(O)C(OC5OC(C)C(O)C(O)C5O)C4OC4OC(C)C(O)C(O)C4O)C(C)(CO)C3CCC12C. The summed E-state index contributed by atoms with van der Waals surface area (Å²) in [6.07, 6.45) is -46.0. The zero-order valence-electron chi connectivity index (χ0n) is 57.0. The number of rotatable bonds is 20. The number of carbonyl (C=O) groups is 1. The fourth-order valence-corrected chi connectivity index (χ4v) is 18.9. The normalized spacial score (nSPS) is 53.6. The highest BCUT2D eigenvalue weighted by Crippen LogP contribution is 2.76. The monoisotopic (exact) mass is 1410 g/mol. The van der Waals surface area contributed by atoms with Gasteiger partial charge in [-0.3, -0.25) is 0 Å². The summed E-state index contributed by atoms with van der Waals surface area (Å²) in [5.74, 6) is -2.61. The summed E-state index contributed by atoms with van der Waals surface area (Å²) in [7, 11) is 0. The van der Waals surface area contributed by atoms with Crippen LogP contribution in [0.25, 0.3) is 0 Å². The number of carbonyl (C=O) groups excluding carboxylic acids is 1. The van der Waals surface area contributed by atoms with E-state index < -0.39 is 256 Å². The van der Waals surface area contributed by atoms with Crippen LogP contribution in [-0.4, -0.2) is 325 Å². The van der Waals surface area contributed by atoms with Gasteiger partial charge in [0.25, 0.3) is 0 Å². The van der Waals surface area contributed by atoms with E-state index in [1.54, 1.807) is 0 Å². The first kappa shape index (κ1) is 78.6. The van der Waals surface area contributed by atoms with Crippen molar-refractivity contribution in [2.75, 3.05) is 26.4 Å². The molecule has 0 bridgehead atoms. The predicted octanol–water partition coefficient (Wildman–Crippen LogP) is -4.97. The van der Waals surface area contributed by atoms with Gasteiger partial charge in [0.2, 0.25) is 6.29 Å². The average Bonchev–Trinajstić information content (AvgIpc) is 1.32. The van der Waals surface area contributed by atoms with Gasteiger partial charge in [0, 0.05) is 11.3 Å². The Bertz CT molecular complexity index is 2680.